The first-order valence-corrected chi connectivity index (χ1v) is 13.6. The van der Waals surface area contributed by atoms with Crippen molar-refractivity contribution in [1.82, 2.24) is 23.9 Å². The summed E-state index contributed by atoms with van der Waals surface area (Å²) in [6.45, 7) is 4.57. The molecule has 2 aromatic carbocycles. The maximum Gasteiger partial charge on any atom is 0.274 e. The van der Waals surface area contributed by atoms with E-state index >= 15 is 0 Å². The molecule has 204 valence electrons. The van der Waals surface area contributed by atoms with E-state index in [9.17, 15) is 9.59 Å². The summed E-state index contributed by atoms with van der Waals surface area (Å²) < 4.78 is 9.49. The second kappa shape index (κ2) is 10.3. The van der Waals surface area contributed by atoms with Gasteiger partial charge in [0.1, 0.15) is 17.9 Å². The predicted octanol–water partition coefficient (Wildman–Crippen LogP) is 4.30. The van der Waals surface area contributed by atoms with Crippen LogP contribution in [0.5, 0.6) is 5.75 Å². The van der Waals surface area contributed by atoms with Crippen LogP contribution in [0, 0.1) is 0 Å². The lowest BCUT2D eigenvalue weighted by Crippen LogP contribution is -2.54. The lowest BCUT2D eigenvalue weighted by molar-refractivity contribution is -0.136. The van der Waals surface area contributed by atoms with Crippen LogP contribution >= 0.6 is 0 Å². The number of piperazine rings is 1. The fourth-order valence-corrected chi connectivity index (χ4v) is 5.55. The van der Waals surface area contributed by atoms with E-state index in [2.05, 4.69) is 30.0 Å². The summed E-state index contributed by atoms with van der Waals surface area (Å²) in [4.78, 5) is 33.5. The number of hydrogen-bond donors (Lipinski definition) is 0. The molecule has 3 aromatic heterocycles. The van der Waals surface area contributed by atoms with Crippen molar-refractivity contribution in [3.8, 4) is 28.1 Å². The molecule has 1 aliphatic rings. The van der Waals surface area contributed by atoms with E-state index in [-0.39, 0.29) is 11.5 Å². The Morgan fingerprint density at radius 2 is 1.70 bits per heavy atom. The Balaban J connectivity index is 1.17. The average Bonchev–Trinajstić information content (AvgIpc) is 3.35. The van der Waals surface area contributed by atoms with Crippen LogP contribution in [0.1, 0.15) is 6.92 Å². The first-order valence-electron chi connectivity index (χ1n) is 13.6. The smallest absolute Gasteiger partial charge is 0.274 e. The van der Waals surface area contributed by atoms with Gasteiger partial charge in [-0.3, -0.25) is 14.5 Å². The number of rotatable bonds is 6. The third-order valence-corrected chi connectivity index (χ3v) is 7.93. The minimum absolute atomic E-state index is 0.00381. The van der Waals surface area contributed by atoms with Crippen LogP contribution in [0.4, 0.5) is 0 Å². The molecule has 1 saturated heterocycles. The molecule has 40 heavy (non-hydrogen) atoms. The minimum Gasteiger partial charge on any atom is -0.492 e. The Kier molecular flexibility index (Phi) is 6.64. The quantitative estimate of drug-likeness (QED) is 0.324. The minimum atomic E-state index is -0.00381. The Bertz CT molecular complexity index is 1790. The van der Waals surface area contributed by atoms with Crippen molar-refractivity contribution >= 4 is 27.7 Å². The largest absolute Gasteiger partial charge is 0.492 e. The summed E-state index contributed by atoms with van der Waals surface area (Å²) in [5.41, 5.74) is 5.58. The van der Waals surface area contributed by atoms with E-state index in [1.54, 1.807) is 16.5 Å². The molecule has 6 rings (SSSR count). The summed E-state index contributed by atoms with van der Waals surface area (Å²) in [5.74, 6) is 0.953. The molecule has 1 unspecified atom stereocenters. The number of carbonyl (C=O) groups excluding carboxylic acids is 1. The van der Waals surface area contributed by atoms with Gasteiger partial charge in [0.05, 0.1) is 17.8 Å². The van der Waals surface area contributed by atoms with Crippen molar-refractivity contribution in [2.24, 2.45) is 14.1 Å². The van der Waals surface area contributed by atoms with Gasteiger partial charge in [0.2, 0.25) is 5.91 Å². The van der Waals surface area contributed by atoms with Crippen molar-refractivity contribution in [3.63, 3.8) is 0 Å². The van der Waals surface area contributed by atoms with Gasteiger partial charge < -0.3 is 18.8 Å². The molecule has 5 aromatic rings. The maximum atomic E-state index is 12.7. The highest BCUT2D eigenvalue weighted by Gasteiger charge is 2.26. The van der Waals surface area contributed by atoms with Crippen molar-refractivity contribution in [1.29, 1.82) is 0 Å². The van der Waals surface area contributed by atoms with Gasteiger partial charge in [0.25, 0.3) is 5.56 Å². The number of hydrogen-bond acceptors (Lipinski definition) is 5. The predicted molar refractivity (Wildman–Crippen MR) is 158 cm³/mol. The van der Waals surface area contributed by atoms with Crippen molar-refractivity contribution in [2.45, 2.75) is 13.0 Å². The second-order valence-electron chi connectivity index (χ2n) is 10.7. The molecule has 0 bridgehead atoms. The Labute approximate surface area is 233 Å². The average molecular weight is 536 g/mol. The van der Waals surface area contributed by atoms with Crippen molar-refractivity contribution in [2.75, 3.05) is 33.3 Å². The normalized spacial score (nSPS) is 16.2. The number of nitrogens with zero attached hydrogens (tertiary/aromatic N) is 5. The summed E-state index contributed by atoms with van der Waals surface area (Å²) >= 11 is 0. The van der Waals surface area contributed by atoms with Gasteiger partial charge in [0, 0.05) is 74.6 Å². The second-order valence-corrected chi connectivity index (χ2v) is 10.7. The molecular weight excluding hydrogens is 502 g/mol. The van der Waals surface area contributed by atoms with Gasteiger partial charge in [-0.05, 0) is 61.0 Å². The Hall–Kier alpha value is -4.43. The third kappa shape index (κ3) is 4.75. The van der Waals surface area contributed by atoms with Crippen LogP contribution in [0.2, 0.25) is 0 Å². The fourth-order valence-electron chi connectivity index (χ4n) is 5.55. The zero-order valence-electron chi connectivity index (χ0n) is 23.3. The van der Waals surface area contributed by atoms with E-state index in [0.29, 0.717) is 31.3 Å². The zero-order valence-corrected chi connectivity index (χ0v) is 23.3. The van der Waals surface area contributed by atoms with Gasteiger partial charge >= 0.3 is 0 Å². The zero-order chi connectivity index (χ0) is 28.0. The molecule has 1 amide bonds. The number of fused-ring (bicyclic) bond motifs is 2. The summed E-state index contributed by atoms with van der Waals surface area (Å²) in [7, 11) is 5.54. The molecule has 0 N–H and O–H groups in total. The number of ether oxygens (including phenoxy) is 1. The molecule has 1 fully saturated rings. The molecule has 0 radical (unpaired) electrons. The monoisotopic (exact) mass is 535 g/mol. The lowest BCUT2D eigenvalue weighted by Gasteiger charge is -2.37. The molecule has 8 heteroatoms. The lowest BCUT2D eigenvalue weighted by atomic mass is 10.0. The van der Waals surface area contributed by atoms with Gasteiger partial charge in [-0.15, -0.1) is 0 Å². The molecule has 4 heterocycles. The number of aromatic nitrogens is 3. The van der Waals surface area contributed by atoms with Crippen molar-refractivity contribution in [3.05, 3.63) is 83.4 Å². The Morgan fingerprint density at radius 3 is 2.50 bits per heavy atom. The van der Waals surface area contributed by atoms with Gasteiger partial charge in [-0.25, -0.2) is 4.98 Å². The summed E-state index contributed by atoms with van der Waals surface area (Å²) in [5, 5.41) is 1.99. The molecule has 1 aliphatic heterocycles. The molecule has 8 nitrogen and oxygen atoms in total. The number of amides is 1. The van der Waals surface area contributed by atoms with Crippen LogP contribution in [0.3, 0.4) is 0 Å². The molecule has 0 saturated carbocycles. The fraction of sp³-hybridized carbons (Fsp3) is 0.281. The highest BCUT2D eigenvalue weighted by molar-refractivity contribution is 5.97. The van der Waals surface area contributed by atoms with E-state index in [0.717, 1.165) is 51.0 Å². The van der Waals surface area contributed by atoms with Crippen LogP contribution < -0.4 is 10.3 Å². The first-order chi connectivity index (χ1) is 19.3. The highest BCUT2D eigenvalue weighted by atomic mass is 16.5. The number of aryl methyl sites for hydroxylation is 2. The van der Waals surface area contributed by atoms with E-state index in [1.165, 1.54) is 0 Å². The molecule has 0 spiro atoms. The van der Waals surface area contributed by atoms with Crippen LogP contribution in [-0.4, -0.2) is 69.2 Å². The standard InChI is InChI=1S/C32H33N5O3/c1-21-18-35(3)30(38)20-37(21)15-16-40-25-9-5-22(6-10-25)28-12-8-24-17-23(7-11-29(24)33-28)27-19-36(4)32(39)31-26(27)13-14-34(31)2/h5-14,17,19,21H,15-16,18,20H2,1-4H3. The number of carbonyl (C=O) groups is 1. The number of pyridine rings is 2. The van der Waals surface area contributed by atoms with Crippen LogP contribution in [-0.2, 0) is 18.9 Å². The van der Waals surface area contributed by atoms with Crippen LogP contribution in [0.15, 0.2) is 77.9 Å². The summed E-state index contributed by atoms with van der Waals surface area (Å²) in [6.07, 6.45) is 3.83. The third-order valence-electron chi connectivity index (χ3n) is 7.93. The van der Waals surface area contributed by atoms with E-state index in [1.807, 2.05) is 73.5 Å². The summed E-state index contributed by atoms with van der Waals surface area (Å²) in [6, 6.07) is 20.7. The van der Waals surface area contributed by atoms with E-state index < -0.39 is 0 Å². The van der Waals surface area contributed by atoms with Gasteiger partial charge in [-0.2, -0.15) is 0 Å². The SMILES string of the molecule is CC1CN(C)C(=O)CN1CCOc1ccc(-c2ccc3cc(-c4cn(C)c(=O)c5c4ccn5C)ccc3n2)cc1. The van der Waals surface area contributed by atoms with Crippen LogP contribution in [0.25, 0.3) is 44.2 Å². The van der Waals surface area contributed by atoms with Gasteiger partial charge in [-0.1, -0.05) is 12.1 Å². The molecular formula is C32H33N5O3. The highest BCUT2D eigenvalue weighted by Crippen LogP contribution is 2.31. The van der Waals surface area contributed by atoms with E-state index in [4.69, 9.17) is 9.72 Å². The number of likely N-dealkylation sites (N-methyl/N-ethyl adjacent to an activating group) is 1. The Morgan fingerprint density at radius 1 is 0.925 bits per heavy atom. The van der Waals surface area contributed by atoms with Gasteiger partial charge in [0.15, 0.2) is 0 Å². The molecule has 0 aliphatic carbocycles. The van der Waals surface area contributed by atoms with Crippen molar-refractivity contribution < 1.29 is 9.53 Å². The molecule has 1 atom stereocenters. The maximum absolute atomic E-state index is 12.7. The number of benzene rings is 2. The first kappa shape index (κ1) is 25.8. The topological polar surface area (TPSA) is 72.6 Å².